The summed E-state index contributed by atoms with van der Waals surface area (Å²) < 4.78 is 26.7. The van der Waals surface area contributed by atoms with E-state index in [4.69, 9.17) is 26.0 Å². The van der Waals surface area contributed by atoms with E-state index in [9.17, 15) is 9.18 Å². The van der Waals surface area contributed by atoms with Crippen LogP contribution >= 0.6 is 11.6 Å². The highest BCUT2D eigenvalue weighted by molar-refractivity contribution is 6.32. The van der Waals surface area contributed by atoms with Crippen molar-refractivity contribution in [1.29, 1.82) is 5.26 Å². The Kier molecular flexibility index (Phi) is 6.96. The number of hydrogen-bond acceptors (Lipinski definition) is 6. The maximum Gasteiger partial charge on any atom is 0.273 e. The lowest BCUT2D eigenvalue weighted by Gasteiger charge is -2.20. The molecule has 10 heteroatoms. The summed E-state index contributed by atoms with van der Waals surface area (Å²) in [6.07, 6.45) is 3.01. The molecule has 0 aliphatic heterocycles. The lowest BCUT2D eigenvalue weighted by molar-refractivity contribution is -0.0336. The van der Waals surface area contributed by atoms with Crippen molar-refractivity contribution in [3.05, 3.63) is 58.6 Å². The van der Waals surface area contributed by atoms with E-state index < -0.39 is 11.4 Å². The monoisotopic (exact) mass is 459 g/mol. The number of carbonyl (C=O) groups excluding carboxylic acids is 1. The number of nitrogens with zero attached hydrogens (tertiary/aromatic N) is 4. The number of ether oxygens (including phenoxy) is 1. The van der Waals surface area contributed by atoms with Crippen molar-refractivity contribution >= 4 is 17.5 Å². The van der Waals surface area contributed by atoms with Crippen molar-refractivity contribution in [2.75, 3.05) is 6.61 Å². The average molecular weight is 460 g/mol. The fourth-order valence-corrected chi connectivity index (χ4v) is 3.40. The Bertz CT molecular complexity index is 1140. The first-order valence-corrected chi connectivity index (χ1v) is 10.4. The number of hydrogen-bond donors (Lipinski definition) is 1. The molecule has 1 amide bonds. The maximum atomic E-state index is 14.0. The zero-order chi connectivity index (χ0) is 23.5. The van der Waals surface area contributed by atoms with E-state index in [1.165, 1.54) is 18.4 Å². The van der Waals surface area contributed by atoms with Crippen LogP contribution in [-0.2, 0) is 16.9 Å². The first-order valence-electron chi connectivity index (χ1n) is 9.98. The molecule has 0 aliphatic carbocycles. The molecule has 0 radical (unpaired) electrons. The van der Waals surface area contributed by atoms with Crippen LogP contribution in [0.2, 0.25) is 5.02 Å². The molecule has 1 aromatic carbocycles. The Hall–Kier alpha value is -3.22. The van der Waals surface area contributed by atoms with Crippen molar-refractivity contribution in [2.24, 2.45) is 0 Å². The predicted molar refractivity (Wildman–Crippen MR) is 115 cm³/mol. The Morgan fingerprint density at radius 2 is 2.22 bits per heavy atom. The summed E-state index contributed by atoms with van der Waals surface area (Å²) in [5, 5.41) is 16.2. The highest BCUT2D eigenvalue weighted by Gasteiger charge is 2.28. The lowest BCUT2D eigenvalue weighted by Crippen LogP contribution is -2.36. The van der Waals surface area contributed by atoms with Crippen LogP contribution in [0.15, 0.2) is 35.1 Å². The van der Waals surface area contributed by atoms with Gasteiger partial charge in [0.05, 0.1) is 17.3 Å². The minimum absolute atomic E-state index is 0.0252. The Balaban J connectivity index is 1.65. The van der Waals surface area contributed by atoms with Gasteiger partial charge >= 0.3 is 0 Å². The standard InChI is InChI=1S/C22H23ClFN5O3/c1-5-32-22(3,4)21-27-19(12-31-21)20(30)26-13(2)11-29-7-6-18(28-29)14-8-16(23)15(10-25)17(24)9-14/h6-9,12-13H,5,11H2,1-4H3,(H,26,30). The second-order valence-electron chi connectivity index (χ2n) is 7.71. The normalized spacial score (nSPS) is 12.4. The zero-order valence-corrected chi connectivity index (χ0v) is 18.9. The molecule has 2 heterocycles. The van der Waals surface area contributed by atoms with Crippen molar-refractivity contribution in [3.63, 3.8) is 0 Å². The molecular weight excluding hydrogens is 437 g/mol. The summed E-state index contributed by atoms with van der Waals surface area (Å²) in [6.45, 7) is 8.17. The number of halogens is 2. The third-order valence-corrected chi connectivity index (χ3v) is 4.98. The smallest absolute Gasteiger partial charge is 0.273 e. The quantitative estimate of drug-likeness (QED) is 0.538. The summed E-state index contributed by atoms with van der Waals surface area (Å²) in [4.78, 5) is 16.8. The predicted octanol–water partition coefficient (Wildman–Crippen LogP) is 4.29. The van der Waals surface area contributed by atoms with Gasteiger partial charge in [0.15, 0.2) is 5.69 Å². The molecule has 0 fully saturated rings. The summed E-state index contributed by atoms with van der Waals surface area (Å²) in [5.74, 6) is -0.764. The van der Waals surface area contributed by atoms with E-state index in [-0.39, 0.29) is 28.2 Å². The van der Waals surface area contributed by atoms with E-state index >= 15 is 0 Å². The SMILES string of the molecule is CCOC(C)(C)c1nc(C(=O)NC(C)Cn2ccc(-c3cc(F)c(C#N)c(Cl)c3)n2)co1. The number of oxazole rings is 1. The lowest BCUT2D eigenvalue weighted by atomic mass is 10.1. The van der Waals surface area contributed by atoms with Crippen LogP contribution < -0.4 is 5.32 Å². The number of nitrogens with one attached hydrogen (secondary N) is 1. The van der Waals surface area contributed by atoms with E-state index in [1.807, 2.05) is 27.7 Å². The highest BCUT2D eigenvalue weighted by Crippen LogP contribution is 2.27. The maximum absolute atomic E-state index is 14.0. The third kappa shape index (κ3) is 5.15. The van der Waals surface area contributed by atoms with E-state index in [1.54, 1.807) is 23.0 Å². The van der Waals surface area contributed by atoms with Gasteiger partial charge in [0.2, 0.25) is 5.89 Å². The second kappa shape index (κ2) is 9.51. The summed E-state index contributed by atoms with van der Waals surface area (Å²) in [6, 6.07) is 5.86. The molecule has 1 N–H and O–H groups in total. The van der Waals surface area contributed by atoms with Gasteiger partial charge in [0, 0.05) is 24.4 Å². The molecular formula is C22H23ClFN5O3. The molecule has 3 rings (SSSR count). The van der Waals surface area contributed by atoms with Crippen LogP contribution in [0, 0.1) is 17.1 Å². The molecule has 168 valence electrons. The Morgan fingerprint density at radius 3 is 2.88 bits per heavy atom. The number of aromatic nitrogens is 3. The molecule has 0 aliphatic rings. The Labute approximate surface area is 190 Å². The number of rotatable bonds is 8. The minimum atomic E-state index is -0.738. The first-order chi connectivity index (χ1) is 15.1. The van der Waals surface area contributed by atoms with E-state index in [2.05, 4.69) is 15.4 Å². The van der Waals surface area contributed by atoms with Crippen LogP contribution in [0.25, 0.3) is 11.3 Å². The highest BCUT2D eigenvalue weighted by atomic mass is 35.5. The first kappa shape index (κ1) is 23.4. The van der Waals surface area contributed by atoms with Crippen molar-refractivity contribution in [1.82, 2.24) is 20.1 Å². The van der Waals surface area contributed by atoms with Crippen molar-refractivity contribution < 1.29 is 18.3 Å². The molecule has 32 heavy (non-hydrogen) atoms. The van der Waals surface area contributed by atoms with Gasteiger partial charge in [0.1, 0.15) is 29.3 Å². The zero-order valence-electron chi connectivity index (χ0n) is 18.1. The number of nitriles is 1. The number of benzene rings is 1. The van der Waals surface area contributed by atoms with Crippen LogP contribution in [-0.4, -0.2) is 33.3 Å². The van der Waals surface area contributed by atoms with Gasteiger partial charge in [-0.05, 0) is 45.9 Å². The van der Waals surface area contributed by atoms with Gasteiger partial charge in [0.25, 0.3) is 5.91 Å². The van der Waals surface area contributed by atoms with Gasteiger partial charge < -0.3 is 14.5 Å². The molecule has 1 unspecified atom stereocenters. The molecule has 1 atom stereocenters. The van der Waals surface area contributed by atoms with Crippen LogP contribution in [0.3, 0.4) is 0 Å². The number of carbonyl (C=O) groups is 1. The molecule has 0 saturated carbocycles. The average Bonchev–Trinajstić information content (AvgIpc) is 3.38. The molecule has 0 saturated heterocycles. The van der Waals surface area contributed by atoms with Crippen LogP contribution in [0.5, 0.6) is 0 Å². The van der Waals surface area contributed by atoms with Gasteiger partial charge in [-0.2, -0.15) is 10.4 Å². The topological polar surface area (TPSA) is 106 Å². The van der Waals surface area contributed by atoms with Gasteiger partial charge in [-0.15, -0.1) is 0 Å². The summed E-state index contributed by atoms with van der Waals surface area (Å²) in [7, 11) is 0. The van der Waals surface area contributed by atoms with Gasteiger partial charge in [-0.25, -0.2) is 9.37 Å². The van der Waals surface area contributed by atoms with Crippen molar-refractivity contribution in [3.8, 4) is 17.3 Å². The van der Waals surface area contributed by atoms with Gasteiger partial charge in [-0.3, -0.25) is 9.48 Å². The second-order valence-corrected chi connectivity index (χ2v) is 8.11. The molecule has 0 bridgehead atoms. The third-order valence-electron chi connectivity index (χ3n) is 4.69. The fraction of sp³-hybridized carbons (Fsp3) is 0.364. The van der Waals surface area contributed by atoms with Crippen LogP contribution in [0.4, 0.5) is 4.39 Å². The molecule has 3 aromatic rings. The van der Waals surface area contributed by atoms with Crippen LogP contribution in [0.1, 0.15) is 49.6 Å². The summed E-state index contributed by atoms with van der Waals surface area (Å²) in [5.41, 5.74) is 0.162. The number of amides is 1. The summed E-state index contributed by atoms with van der Waals surface area (Å²) >= 11 is 5.97. The minimum Gasteiger partial charge on any atom is -0.445 e. The molecule has 8 nitrogen and oxygen atoms in total. The Morgan fingerprint density at radius 1 is 1.47 bits per heavy atom. The largest absolute Gasteiger partial charge is 0.445 e. The molecule has 2 aromatic heterocycles. The van der Waals surface area contributed by atoms with Crippen molar-refractivity contribution in [2.45, 2.75) is 45.9 Å². The fourth-order valence-electron chi connectivity index (χ4n) is 3.15. The van der Waals surface area contributed by atoms with E-state index in [0.717, 1.165) is 0 Å². The van der Waals surface area contributed by atoms with E-state index in [0.29, 0.717) is 30.3 Å². The molecule has 0 spiro atoms. The van der Waals surface area contributed by atoms with Gasteiger partial charge in [-0.1, -0.05) is 11.6 Å².